The molecule has 0 aromatic carbocycles. The van der Waals surface area contributed by atoms with Crippen LogP contribution >= 0.6 is 0 Å². The topological polar surface area (TPSA) is 89.1 Å². The van der Waals surface area contributed by atoms with Gasteiger partial charge in [-0.3, -0.25) is 4.79 Å². The van der Waals surface area contributed by atoms with Crippen molar-refractivity contribution < 1.29 is 9.21 Å². The summed E-state index contributed by atoms with van der Waals surface area (Å²) in [4.78, 5) is 28.6. The second-order valence-corrected chi connectivity index (χ2v) is 8.27. The van der Waals surface area contributed by atoms with Crippen molar-refractivity contribution in [2.45, 2.75) is 44.6 Å². The van der Waals surface area contributed by atoms with Crippen LogP contribution in [-0.4, -0.2) is 49.0 Å². The molecule has 1 amide bonds. The van der Waals surface area contributed by atoms with Gasteiger partial charge >= 0.3 is 0 Å². The molecule has 8 nitrogen and oxygen atoms in total. The van der Waals surface area contributed by atoms with E-state index in [1.54, 1.807) is 6.20 Å². The molecule has 0 radical (unpaired) electrons. The lowest BCUT2D eigenvalue weighted by Gasteiger charge is -2.17. The third kappa shape index (κ3) is 2.83. The number of nitrogens with zero attached hydrogens (tertiary/aromatic N) is 5. The molecule has 3 aromatic heterocycles. The van der Waals surface area contributed by atoms with Gasteiger partial charge in [0.05, 0.1) is 10.9 Å². The van der Waals surface area contributed by atoms with Gasteiger partial charge in [-0.2, -0.15) is 4.98 Å². The highest BCUT2D eigenvalue weighted by Gasteiger charge is 2.39. The number of rotatable bonds is 4. The van der Waals surface area contributed by atoms with E-state index in [2.05, 4.69) is 27.2 Å². The summed E-state index contributed by atoms with van der Waals surface area (Å²) in [5.74, 6) is 2.56. The molecule has 4 heterocycles. The largest absolute Gasteiger partial charge is 0.445 e. The fraction of sp³-hybridized carbons (Fsp3) is 0.500. The lowest BCUT2D eigenvalue weighted by Crippen LogP contribution is -2.29. The highest BCUT2D eigenvalue weighted by atomic mass is 16.3. The Bertz CT molecular complexity index is 1060. The Balaban J connectivity index is 1.46. The molecule has 0 spiro atoms. The van der Waals surface area contributed by atoms with E-state index in [0.29, 0.717) is 41.4 Å². The van der Waals surface area contributed by atoms with E-state index in [-0.39, 0.29) is 17.4 Å². The molecule has 8 heteroatoms. The molecule has 0 bridgehead atoms. The molecule has 1 aliphatic carbocycles. The first-order chi connectivity index (χ1) is 13.4. The minimum Gasteiger partial charge on any atom is -0.445 e. The third-order valence-corrected chi connectivity index (χ3v) is 5.90. The number of carbonyl (C=O) groups is 1. The summed E-state index contributed by atoms with van der Waals surface area (Å²) in [6, 6.07) is 0. The summed E-state index contributed by atoms with van der Waals surface area (Å²) in [5.41, 5.74) is 1.03. The number of likely N-dealkylation sites (tertiary alicyclic amines) is 1. The molecule has 1 unspecified atom stereocenters. The summed E-state index contributed by atoms with van der Waals surface area (Å²) < 4.78 is 7.68. The summed E-state index contributed by atoms with van der Waals surface area (Å²) in [5, 5.41) is 4.18. The number of hydrogen-bond acceptors (Lipinski definition) is 6. The molecular weight excluding hydrogens is 356 g/mol. The summed E-state index contributed by atoms with van der Waals surface area (Å²) in [6.45, 7) is 5.36. The zero-order valence-electron chi connectivity index (χ0n) is 16.4. The van der Waals surface area contributed by atoms with Crippen LogP contribution in [-0.2, 0) is 7.05 Å². The molecule has 1 saturated heterocycles. The SMILES string of the molecule is Cc1nc(NC2(C)CC2)c2c(C(=O)N3CCC(c4nccn4C)C3)coc2n1. The van der Waals surface area contributed by atoms with Crippen molar-refractivity contribution in [2.75, 3.05) is 18.4 Å². The van der Waals surface area contributed by atoms with E-state index < -0.39 is 0 Å². The van der Waals surface area contributed by atoms with E-state index in [4.69, 9.17) is 4.42 Å². The summed E-state index contributed by atoms with van der Waals surface area (Å²) in [7, 11) is 1.99. The molecule has 1 aliphatic heterocycles. The van der Waals surface area contributed by atoms with Crippen LogP contribution in [0.3, 0.4) is 0 Å². The fourth-order valence-electron chi connectivity index (χ4n) is 3.99. The minimum absolute atomic E-state index is 0.0353. The number of aryl methyl sites for hydroxylation is 2. The van der Waals surface area contributed by atoms with E-state index in [9.17, 15) is 4.79 Å². The van der Waals surface area contributed by atoms with Crippen LogP contribution in [0.25, 0.3) is 11.1 Å². The smallest absolute Gasteiger partial charge is 0.257 e. The molecule has 1 saturated carbocycles. The van der Waals surface area contributed by atoms with E-state index in [0.717, 1.165) is 25.1 Å². The van der Waals surface area contributed by atoms with Gasteiger partial charge in [-0.05, 0) is 33.1 Å². The molecular formula is C20H24N6O2. The zero-order chi connectivity index (χ0) is 19.5. The van der Waals surface area contributed by atoms with E-state index >= 15 is 0 Å². The van der Waals surface area contributed by atoms with Crippen LogP contribution in [0.2, 0.25) is 0 Å². The molecule has 2 aliphatic rings. The minimum atomic E-state index is -0.0353. The molecule has 3 aromatic rings. The standard InChI is InChI=1S/C20H24N6O2/c1-12-22-16(24-20(2)5-6-20)15-14(11-28-18(15)23-12)19(27)26-8-4-13(10-26)17-21-7-9-25(17)3/h7,9,11,13H,4-6,8,10H2,1-3H3,(H,22,23,24). The number of nitrogens with one attached hydrogen (secondary N) is 1. The second-order valence-electron chi connectivity index (χ2n) is 8.27. The van der Waals surface area contributed by atoms with Gasteiger partial charge in [-0.15, -0.1) is 0 Å². The highest BCUT2D eigenvalue weighted by Crippen LogP contribution is 2.40. The van der Waals surface area contributed by atoms with Crippen molar-refractivity contribution in [3.05, 3.63) is 35.9 Å². The molecule has 2 fully saturated rings. The van der Waals surface area contributed by atoms with Crippen LogP contribution in [0, 0.1) is 6.92 Å². The maximum Gasteiger partial charge on any atom is 0.257 e. The number of anilines is 1. The van der Waals surface area contributed by atoms with Gasteiger partial charge in [0.15, 0.2) is 0 Å². The Morgan fingerprint density at radius 1 is 1.36 bits per heavy atom. The summed E-state index contributed by atoms with van der Waals surface area (Å²) >= 11 is 0. The van der Waals surface area contributed by atoms with Crippen LogP contribution in [0.15, 0.2) is 23.1 Å². The summed E-state index contributed by atoms with van der Waals surface area (Å²) in [6.07, 6.45) is 8.37. The van der Waals surface area contributed by atoms with Crippen LogP contribution in [0.1, 0.15) is 54.1 Å². The van der Waals surface area contributed by atoms with Gasteiger partial charge in [-0.25, -0.2) is 9.97 Å². The van der Waals surface area contributed by atoms with Crippen molar-refractivity contribution in [1.82, 2.24) is 24.4 Å². The van der Waals surface area contributed by atoms with Gasteiger partial charge in [0.25, 0.3) is 5.91 Å². The first-order valence-corrected chi connectivity index (χ1v) is 9.74. The van der Waals surface area contributed by atoms with Crippen molar-refractivity contribution in [2.24, 2.45) is 7.05 Å². The predicted molar refractivity (Wildman–Crippen MR) is 104 cm³/mol. The Morgan fingerprint density at radius 2 is 2.18 bits per heavy atom. The van der Waals surface area contributed by atoms with Crippen molar-refractivity contribution in [3.63, 3.8) is 0 Å². The number of carbonyl (C=O) groups excluding carboxylic acids is 1. The molecule has 146 valence electrons. The lowest BCUT2D eigenvalue weighted by molar-refractivity contribution is 0.0791. The first-order valence-electron chi connectivity index (χ1n) is 9.74. The maximum atomic E-state index is 13.3. The van der Waals surface area contributed by atoms with Crippen molar-refractivity contribution >= 4 is 22.8 Å². The van der Waals surface area contributed by atoms with Crippen LogP contribution in [0.5, 0.6) is 0 Å². The maximum absolute atomic E-state index is 13.3. The third-order valence-electron chi connectivity index (χ3n) is 5.90. The van der Waals surface area contributed by atoms with E-state index in [1.807, 2.05) is 29.6 Å². The van der Waals surface area contributed by atoms with Gasteiger partial charge in [-0.1, -0.05) is 0 Å². The van der Waals surface area contributed by atoms with Gasteiger partial charge in [0.1, 0.15) is 23.7 Å². The predicted octanol–water partition coefficient (Wildman–Crippen LogP) is 2.86. The average Bonchev–Trinajstić information content (AvgIpc) is 3.07. The average molecular weight is 380 g/mol. The zero-order valence-corrected chi connectivity index (χ0v) is 16.4. The number of imidazole rings is 1. The first kappa shape index (κ1) is 17.2. The number of fused-ring (bicyclic) bond motifs is 1. The fourth-order valence-corrected chi connectivity index (χ4v) is 3.99. The second kappa shape index (κ2) is 6.05. The Hall–Kier alpha value is -2.90. The van der Waals surface area contributed by atoms with Gasteiger partial charge in [0.2, 0.25) is 5.71 Å². The Labute approximate surface area is 163 Å². The molecule has 1 N–H and O–H groups in total. The number of amides is 1. The molecule has 1 atom stereocenters. The van der Waals surface area contributed by atoms with Crippen LogP contribution < -0.4 is 5.32 Å². The van der Waals surface area contributed by atoms with Gasteiger partial charge < -0.3 is 19.2 Å². The lowest BCUT2D eigenvalue weighted by atomic mass is 10.1. The van der Waals surface area contributed by atoms with Gasteiger partial charge in [0, 0.05) is 44.0 Å². The number of hydrogen-bond donors (Lipinski definition) is 1. The molecule has 28 heavy (non-hydrogen) atoms. The number of aromatic nitrogens is 4. The quantitative estimate of drug-likeness (QED) is 0.749. The van der Waals surface area contributed by atoms with E-state index in [1.165, 1.54) is 6.26 Å². The number of furan rings is 1. The Morgan fingerprint density at radius 3 is 2.89 bits per heavy atom. The van der Waals surface area contributed by atoms with Crippen molar-refractivity contribution in [3.8, 4) is 0 Å². The molecule has 5 rings (SSSR count). The monoisotopic (exact) mass is 380 g/mol. The normalized spacial score (nSPS) is 20.7. The highest BCUT2D eigenvalue weighted by molar-refractivity contribution is 6.09. The van der Waals surface area contributed by atoms with Crippen molar-refractivity contribution in [1.29, 1.82) is 0 Å². The van der Waals surface area contributed by atoms with Crippen LogP contribution in [0.4, 0.5) is 5.82 Å². The Kier molecular flexibility index (Phi) is 3.72.